The highest BCUT2D eigenvalue weighted by Crippen LogP contribution is 2.10. The maximum absolute atomic E-state index is 10.5. The van der Waals surface area contributed by atoms with Gasteiger partial charge in [-0.25, -0.2) is 0 Å². The zero-order valence-electron chi connectivity index (χ0n) is 5.13. The summed E-state index contributed by atoms with van der Waals surface area (Å²) in [4.78, 5) is 11.3. The minimum Gasteiger partial charge on any atom is -0.276 e. The van der Waals surface area contributed by atoms with Crippen molar-refractivity contribution in [2.75, 3.05) is 0 Å². The zero-order valence-corrected chi connectivity index (χ0v) is 6.71. The third kappa shape index (κ3) is 1.75. The minimum atomic E-state index is -0.446. The van der Waals surface area contributed by atoms with Crippen LogP contribution in [0.5, 0.6) is 0 Å². The molecule has 0 spiro atoms. The van der Waals surface area contributed by atoms with Crippen molar-refractivity contribution in [2.45, 2.75) is 6.42 Å². The minimum absolute atomic E-state index is 0.446. The molecule has 1 rings (SSSR count). The highest BCUT2D eigenvalue weighted by atomic mass is 35.5. The van der Waals surface area contributed by atoms with Gasteiger partial charge in [0, 0.05) is 16.9 Å². The molecule has 3 heteroatoms. The van der Waals surface area contributed by atoms with Crippen LogP contribution in [-0.2, 0) is 4.79 Å². The summed E-state index contributed by atoms with van der Waals surface area (Å²) in [6, 6.07) is 0. The number of hydrogen-bond donors (Lipinski definition) is 0. The summed E-state index contributed by atoms with van der Waals surface area (Å²) in [5.41, 5.74) is 0.484. The molecule has 0 aromatic carbocycles. The van der Waals surface area contributed by atoms with E-state index >= 15 is 0 Å². The Kier molecular flexibility index (Phi) is 2.35. The summed E-state index contributed by atoms with van der Waals surface area (Å²) in [6.45, 7) is 0. The second-order valence-electron chi connectivity index (χ2n) is 1.95. The van der Waals surface area contributed by atoms with Crippen LogP contribution in [0.15, 0.2) is 23.8 Å². The highest BCUT2D eigenvalue weighted by Gasteiger charge is 2.06. The first kappa shape index (κ1) is 7.63. The molecule has 1 aliphatic carbocycles. The van der Waals surface area contributed by atoms with E-state index in [1.54, 1.807) is 12.2 Å². The summed E-state index contributed by atoms with van der Waals surface area (Å²) in [5.74, 6) is 0. The molecule has 0 amide bonds. The van der Waals surface area contributed by atoms with Crippen molar-refractivity contribution in [3.63, 3.8) is 0 Å². The molecule has 0 bridgehead atoms. The van der Waals surface area contributed by atoms with Crippen LogP contribution in [0.25, 0.3) is 0 Å². The molecule has 0 unspecified atom stereocenters. The second-order valence-corrected chi connectivity index (χ2v) is 2.81. The summed E-state index contributed by atoms with van der Waals surface area (Å²) in [7, 11) is 0. The van der Waals surface area contributed by atoms with E-state index in [9.17, 15) is 4.79 Å². The van der Waals surface area contributed by atoms with Crippen molar-refractivity contribution >= 4 is 33.9 Å². The summed E-state index contributed by atoms with van der Waals surface area (Å²) in [6.07, 6.45) is 5.89. The third-order valence-corrected chi connectivity index (χ3v) is 1.66. The predicted molar refractivity (Wildman–Crippen MR) is 45.3 cm³/mol. The van der Waals surface area contributed by atoms with Gasteiger partial charge in [-0.1, -0.05) is 24.4 Å². The topological polar surface area (TPSA) is 17.1 Å². The van der Waals surface area contributed by atoms with Gasteiger partial charge in [-0.2, -0.15) is 0 Å². The number of rotatable bonds is 1. The number of hydrogen-bond acceptors (Lipinski definition) is 2. The SMILES string of the molecule is O=C(Cl)C1=CC(=S)CC=C1. The molecule has 0 saturated heterocycles. The van der Waals surface area contributed by atoms with Crippen molar-refractivity contribution in [1.82, 2.24) is 0 Å². The monoisotopic (exact) mass is 172 g/mol. The van der Waals surface area contributed by atoms with Crippen molar-refractivity contribution < 1.29 is 4.79 Å². The van der Waals surface area contributed by atoms with E-state index in [0.717, 1.165) is 11.3 Å². The number of carbonyl (C=O) groups excluding carboxylic acids is 1. The predicted octanol–water partition coefficient (Wildman–Crippen LogP) is 2.01. The smallest absolute Gasteiger partial charge is 0.252 e. The van der Waals surface area contributed by atoms with Crippen LogP contribution in [0.1, 0.15) is 6.42 Å². The first-order valence-electron chi connectivity index (χ1n) is 2.81. The van der Waals surface area contributed by atoms with Crippen LogP contribution in [0.4, 0.5) is 0 Å². The molecule has 0 radical (unpaired) electrons. The summed E-state index contributed by atoms with van der Waals surface area (Å²) in [5, 5.41) is -0.446. The van der Waals surface area contributed by atoms with E-state index in [2.05, 4.69) is 0 Å². The molecule has 0 N–H and O–H groups in total. The molecule has 0 heterocycles. The Balaban J connectivity index is 2.86. The van der Waals surface area contributed by atoms with Gasteiger partial charge in [0.15, 0.2) is 0 Å². The van der Waals surface area contributed by atoms with E-state index in [-0.39, 0.29) is 0 Å². The number of halogens is 1. The maximum Gasteiger partial charge on any atom is 0.252 e. The van der Waals surface area contributed by atoms with Crippen molar-refractivity contribution in [3.8, 4) is 0 Å². The highest BCUT2D eigenvalue weighted by molar-refractivity contribution is 7.80. The molecule has 0 atom stereocenters. The fourth-order valence-electron chi connectivity index (χ4n) is 0.705. The summed E-state index contributed by atoms with van der Waals surface area (Å²) >= 11 is 10.1. The third-order valence-electron chi connectivity index (χ3n) is 1.16. The zero-order chi connectivity index (χ0) is 7.56. The van der Waals surface area contributed by atoms with Gasteiger partial charge in [-0.15, -0.1) is 0 Å². The summed E-state index contributed by atoms with van der Waals surface area (Å²) < 4.78 is 0. The van der Waals surface area contributed by atoms with Gasteiger partial charge in [-0.05, 0) is 17.7 Å². The normalized spacial score (nSPS) is 16.9. The molecule has 0 saturated carbocycles. The van der Waals surface area contributed by atoms with Crippen molar-refractivity contribution in [3.05, 3.63) is 23.8 Å². The number of carbonyl (C=O) groups is 1. The van der Waals surface area contributed by atoms with Gasteiger partial charge in [-0.3, -0.25) is 4.79 Å². The quantitative estimate of drug-likeness (QED) is 0.445. The lowest BCUT2D eigenvalue weighted by atomic mass is 10.1. The van der Waals surface area contributed by atoms with Crippen LogP contribution in [0.3, 0.4) is 0 Å². The van der Waals surface area contributed by atoms with Gasteiger partial charge in [0.2, 0.25) is 0 Å². The molecule has 1 aliphatic rings. The van der Waals surface area contributed by atoms with Gasteiger partial charge >= 0.3 is 0 Å². The molecule has 10 heavy (non-hydrogen) atoms. The first-order valence-corrected chi connectivity index (χ1v) is 3.59. The van der Waals surface area contributed by atoms with Crippen LogP contribution < -0.4 is 0 Å². The van der Waals surface area contributed by atoms with Crippen molar-refractivity contribution in [2.24, 2.45) is 0 Å². The average molecular weight is 173 g/mol. The van der Waals surface area contributed by atoms with Crippen molar-refractivity contribution in [1.29, 1.82) is 0 Å². The van der Waals surface area contributed by atoms with Gasteiger partial charge in [0.05, 0.1) is 0 Å². The first-order chi connectivity index (χ1) is 4.70. The fourth-order valence-corrected chi connectivity index (χ4v) is 1.05. The Morgan fingerprint density at radius 1 is 1.70 bits per heavy atom. The van der Waals surface area contributed by atoms with Gasteiger partial charge < -0.3 is 0 Å². The Morgan fingerprint density at radius 3 is 2.80 bits per heavy atom. The lowest BCUT2D eigenvalue weighted by Gasteiger charge is -2.01. The van der Waals surface area contributed by atoms with Crippen LogP contribution in [0, 0.1) is 0 Å². The molecule has 1 nitrogen and oxygen atoms in total. The second kappa shape index (κ2) is 3.08. The van der Waals surface area contributed by atoms with E-state index in [1.165, 1.54) is 0 Å². The molecular weight excluding hydrogens is 168 g/mol. The van der Waals surface area contributed by atoms with E-state index in [0.29, 0.717) is 5.57 Å². The molecular formula is C7H5ClOS. The Labute approximate surface area is 69.4 Å². The number of thiocarbonyl (C=S) groups is 1. The fraction of sp³-hybridized carbons (Fsp3) is 0.143. The van der Waals surface area contributed by atoms with Gasteiger partial charge in [0.25, 0.3) is 5.24 Å². The Morgan fingerprint density at radius 2 is 2.40 bits per heavy atom. The van der Waals surface area contributed by atoms with E-state index in [1.807, 2.05) is 6.08 Å². The molecule has 0 fully saturated rings. The van der Waals surface area contributed by atoms with E-state index < -0.39 is 5.24 Å². The van der Waals surface area contributed by atoms with Crippen LogP contribution in [-0.4, -0.2) is 10.1 Å². The standard InChI is InChI=1S/C7H5ClOS/c8-7(9)5-2-1-3-6(10)4-5/h1-2,4H,3H2. The molecule has 0 aromatic rings. The number of allylic oxidation sites excluding steroid dienone is 4. The largest absolute Gasteiger partial charge is 0.276 e. The Hall–Kier alpha value is -0.470. The average Bonchev–Trinajstić information content (AvgIpc) is 1.88. The maximum atomic E-state index is 10.5. The lowest BCUT2D eigenvalue weighted by molar-refractivity contribution is -0.108. The lowest BCUT2D eigenvalue weighted by Crippen LogP contribution is -1.99. The molecule has 0 aromatic heterocycles. The van der Waals surface area contributed by atoms with Crippen LogP contribution >= 0.6 is 23.8 Å². The van der Waals surface area contributed by atoms with Crippen LogP contribution in [0.2, 0.25) is 0 Å². The molecule has 52 valence electrons. The Bertz CT molecular complexity index is 238. The van der Waals surface area contributed by atoms with E-state index in [4.69, 9.17) is 23.8 Å². The molecule has 0 aliphatic heterocycles. The van der Waals surface area contributed by atoms with Gasteiger partial charge in [0.1, 0.15) is 0 Å².